The van der Waals surface area contributed by atoms with Gasteiger partial charge < -0.3 is 10.2 Å². The molecule has 4 heteroatoms. The van der Waals surface area contributed by atoms with Crippen LogP contribution >= 0.6 is 11.6 Å². The lowest BCUT2D eigenvalue weighted by Crippen LogP contribution is -2.47. The second kappa shape index (κ2) is 6.59. The molecule has 0 aliphatic carbocycles. The van der Waals surface area contributed by atoms with Gasteiger partial charge in [0.1, 0.15) is 0 Å². The standard InChI is InChI=1S/C16H23ClN2O/c1-3-19(12-13-5-4-6-14(17)11-13)15(20)16(2)7-9-18-10-8-16/h4-6,11,18H,3,7-10,12H2,1-2H3. The van der Waals surface area contributed by atoms with Gasteiger partial charge in [-0.3, -0.25) is 4.79 Å². The Labute approximate surface area is 126 Å². The van der Waals surface area contributed by atoms with Gasteiger partial charge in [-0.25, -0.2) is 0 Å². The molecule has 1 saturated heterocycles. The minimum atomic E-state index is -0.222. The van der Waals surface area contributed by atoms with Gasteiger partial charge in [-0.15, -0.1) is 0 Å². The number of amides is 1. The van der Waals surface area contributed by atoms with Crippen molar-refractivity contribution >= 4 is 17.5 Å². The van der Waals surface area contributed by atoms with E-state index in [9.17, 15) is 4.79 Å². The van der Waals surface area contributed by atoms with Crippen LogP contribution in [0.1, 0.15) is 32.3 Å². The zero-order chi connectivity index (χ0) is 14.6. The van der Waals surface area contributed by atoms with Crippen molar-refractivity contribution in [1.29, 1.82) is 0 Å². The lowest BCUT2D eigenvalue weighted by Gasteiger charge is -2.37. The molecule has 110 valence electrons. The van der Waals surface area contributed by atoms with Crippen molar-refractivity contribution in [3.8, 4) is 0 Å². The third-order valence-electron chi connectivity index (χ3n) is 4.15. The molecule has 0 atom stereocenters. The van der Waals surface area contributed by atoms with Crippen LogP contribution in [0.3, 0.4) is 0 Å². The molecule has 1 aliphatic heterocycles. The number of hydrogen-bond donors (Lipinski definition) is 1. The summed E-state index contributed by atoms with van der Waals surface area (Å²) >= 11 is 6.02. The van der Waals surface area contributed by atoms with Gasteiger partial charge in [0.25, 0.3) is 0 Å². The Morgan fingerprint density at radius 2 is 2.10 bits per heavy atom. The van der Waals surface area contributed by atoms with E-state index in [4.69, 9.17) is 11.6 Å². The van der Waals surface area contributed by atoms with E-state index in [1.807, 2.05) is 36.1 Å². The second-order valence-electron chi connectivity index (χ2n) is 5.76. The van der Waals surface area contributed by atoms with Gasteiger partial charge in [-0.2, -0.15) is 0 Å². The summed E-state index contributed by atoms with van der Waals surface area (Å²) < 4.78 is 0. The van der Waals surface area contributed by atoms with Crippen LogP contribution in [0.2, 0.25) is 5.02 Å². The Balaban J connectivity index is 2.09. The van der Waals surface area contributed by atoms with E-state index in [-0.39, 0.29) is 11.3 Å². The van der Waals surface area contributed by atoms with Crippen molar-refractivity contribution in [3.05, 3.63) is 34.9 Å². The summed E-state index contributed by atoms with van der Waals surface area (Å²) in [6, 6.07) is 7.74. The average molecular weight is 295 g/mol. The van der Waals surface area contributed by atoms with E-state index in [0.29, 0.717) is 6.54 Å². The predicted octanol–water partition coefficient (Wildman–Crippen LogP) is 3.08. The molecule has 1 N–H and O–H groups in total. The van der Waals surface area contributed by atoms with Crippen LogP contribution in [0.15, 0.2) is 24.3 Å². The highest BCUT2D eigenvalue weighted by atomic mass is 35.5. The van der Waals surface area contributed by atoms with Gasteiger partial charge in [-0.1, -0.05) is 30.7 Å². The number of benzene rings is 1. The van der Waals surface area contributed by atoms with E-state index in [0.717, 1.165) is 43.1 Å². The highest BCUT2D eigenvalue weighted by Gasteiger charge is 2.37. The number of hydrogen-bond acceptors (Lipinski definition) is 2. The Morgan fingerprint density at radius 3 is 2.70 bits per heavy atom. The maximum Gasteiger partial charge on any atom is 0.228 e. The molecular weight excluding hydrogens is 272 g/mol. The molecule has 1 heterocycles. The van der Waals surface area contributed by atoms with Crippen molar-refractivity contribution in [3.63, 3.8) is 0 Å². The highest BCUT2D eigenvalue weighted by molar-refractivity contribution is 6.30. The van der Waals surface area contributed by atoms with Gasteiger partial charge >= 0.3 is 0 Å². The monoisotopic (exact) mass is 294 g/mol. The third kappa shape index (κ3) is 3.53. The van der Waals surface area contributed by atoms with Crippen LogP contribution < -0.4 is 5.32 Å². The first-order valence-corrected chi connectivity index (χ1v) is 7.67. The summed E-state index contributed by atoms with van der Waals surface area (Å²) in [6.45, 7) is 7.35. The number of nitrogens with one attached hydrogen (secondary N) is 1. The molecule has 1 aromatic carbocycles. The van der Waals surface area contributed by atoms with Crippen LogP contribution in [0, 0.1) is 5.41 Å². The molecule has 0 bridgehead atoms. The quantitative estimate of drug-likeness (QED) is 0.925. The summed E-state index contributed by atoms with van der Waals surface area (Å²) in [6.07, 6.45) is 1.83. The Hall–Kier alpha value is -1.06. The lowest BCUT2D eigenvalue weighted by molar-refractivity contribution is -0.143. The molecular formula is C16H23ClN2O. The summed E-state index contributed by atoms with van der Waals surface area (Å²) in [5.41, 5.74) is 0.866. The van der Waals surface area contributed by atoms with Crippen LogP contribution in [0.5, 0.6) is 0 Å². The van der Waals surface area contributed by atoms with Gasteiger partial charge in [0.05, 0.1) is 0 Å². The smallest absolute Gasteiger partial charge is 0.228 e. The minimum absolute atomic E-state index is 0.222. The van der Waals surface area contributed by atoms with Crippen LogP contribution in [-0.2, 0) is 11.3 Å². The highest BCUT2D eigenvalue weighted by Crippen LogP contribution is 2.31. The molecule has 0 saturated carbocycles. The lowest BCUT2D eigenvalue weighted by atomic mass is 9.79. The van der Waals surface area contributed by atoms with Crippen molar-refractivity contribution in [2.45, 2.75) is 33.2 Å². The van der Waals surface area contributed by atoms with Crippen LogP contribution in [0.4, 0.5) is 0 Å². The summed E-state index contributed by atoms with van der Waals surface area (Å²) in [5, 5.41) is 4.04. The fourth-order valence-electron chi connectivity index (χ4n) is 2.76. The van der Waals surface area contributed by atoms with Crippen LogP contribution in [0.25, 0.3) is 0 Å². The zero-order valence-corrected chi connectivity index (χ0v) is 13.0. The molecule has 20 heavy (non-hydrogen) atoms. The van der Waals surface area contributed by atoms with Crippen molar-refractivity contribution in [1.82, 2.24) is 10.2 Å². The van der Waals surface area contributed by atoms with E-state index < -0.39 is 0 Å². The molecule has 0 aromatic heterocycles. The van der Waals surface area contributed by atoms with Gasteiger partial charge in [0, 0.05) is 23.5 Å². The molecule has 1 aromatic rings. The Kier molecular flexibility index (Phi) is 5.06. The fraction of sp³-hybridized carbons (Fsp3) is 0.562. The van der Waals surface area contributed by atoms with Crippen molar-refractivity contribution in [2.24, 2.45) is 5.41 Å². The van der Waals surface area contributed by atoms with Gasteiger partial charge in [0.2, 0.25) is 5.91 Å². The minimum Gasteiger partial charge on any atom is -0.338 e. The maximum absolute atomic E-state index is 12.8. The first kappa shape index (κ1) is 15.3. The number of nitrogens with zero attached hydrogens (tertiary/aromatic N) is 1. The normalized spacial score (nSPS) is 17.8. The number of carbonyl (C=O) groups is 1. The summed E-state index contributed by atoms with van der Waals surface area (Å²) in [7, 11) is 0. The van der Waals surface area contributed by atoms with E-state index in [2.05, 4.69) is 12.2 Å². The SMILES string of the molecule is CCN(Cc1cccc(Cl)c1)C(=O)C1(C)CCNCC1. The molecule has 1 amide bonds. The molecule has 3 nitrogen and oxygen atoms in total. The van der Waals surface area contributed by atoms with Gasteiger partial charge in [0.15, 0.2) is 0 Å². The molecule has 0 radical (unpaired) electrons. The van der Waals surface area contributed by atoms with Crippen molar-refractivity contribution in [2.75, 3.05) is 19.6 Å². The maximum atomic E-state index is 12.8. The molecule has 0 spiro atoms. The molecule has 0 unspecified atom stereocenters. The van der Waals surface area contributed by atoms with E-state index in [1.54, 1.807) is 0 Å². The second-order valence-corrected chi connectivity index (χ2v) is 6.20. The molecule has 2 rings (SSSR count). The number of piperidine rings is 1. The van der Waals surface area contributed by atoms with E-state index >= 15 is 0 Å². The Morgan fingerprint density at radius 1 is 1.40 bits per heavy atom. The predicted molar refractivity (Wildman–Crippen MR) is 82.8 cm³/mol. The Bertz CT molecular complexity index is 469. The number of rotatable bonds is 4. The summed E-state index contributed by atoms with van der Waals surface area (Å²) in [4.78, 5) is 14.7. The first-order valence-electron chi connectivity index (χ1n) is 7.30. The zero-order valence-electron chi connectivity index (χ0n) is 12.3. The van der Waals surface area contributed by atoms with Crippen LogP contribution in [-0.4, -0.2) is 30.4 Å². The number of halogens is 1. The largest absolute Gasteiger partial charge is 0.338 e. The van der Waals surface area contributed by atoms with Crippen molar-refractivity contribution < 1.29 is 4.79 Å². The number of carbonyl (C=O) groups excluding carboxylic acids is 1. The van der Waals surface area contributed by atoms with E-state index in [1.165, 1.54) is 0 Å². The first-order chi connectivity index (χ1) is 9.55. The average Bonchev–Trinajstić information content (AvgIpc) is 2.45. The molecule has 1 fully saturated rings. The fourth-order valence-corrected chi connectivity index (χ4v) is 2.97. The topological polar surface area (TPSA) is 32.3 Å². The molecule has 1 aliphatic rings. The summed E-state index contributed by atoms with van der Waals surface area (Å²) in [5.74, 6) is 0.265. The third-order valence-corrected chi connectivity index (χ3v) is 4.39. The van der Waals surface area contributed by atoms with Gasteiger partial charge in [-0.05, 0) is 50.6 Å².